The fraction of sp³-hybridized carbons (Fsp3) is 0.467. The lowest BCUT2D eigenvalue weighted by molar-refractivity contribution is -0.120. The van der Waals surface area contributed by atoms with Crippen LogP contribution in [0.25, 0.3) is 0 Å². The van der Waals surface area contributed by atoms with E-state index in [1.165, 1.54) is 0 Å². The van der Waals surface area contributed by atoms with Crippen LogP contribution in [0.3, 0.4) is 0 Å². The average Bonchev–Trinajstić information content (AvgIpc) is 2.93. The first-order chi connectivity index (χ1) is 10.6. The van der Waals surface area contributed by atoms with Gasteiger partial charge in [-0.2, -0.15) is 0 Å². The number of piperazine rings is 1. The third-order valence-electron chi connectivity index (χ3n) is 4.11. The molecule has 2 aliphatic rings. The summed E-state index contributed by atoms with van der Waals surface area (Å²) >= 11 is 6.21. The van der Waals surface area contributed by atoms with Crippen molar-refractivity contribution in [3.63, 3.8) is 0 Å². The molecule has 118 valence electrons. The van der Waals surface area contributed by atoms with Crippen LogP contribution in [0.5, 0.6) is 0 Å². The molecule has 0 unspecified atom stereocenters. The highest BCUT2D eigenvalue weighted by Crippen LogP contribution is 2.26. The quantitative estimate of drug-likeness (QED) is 0.856. The minimum absolute atomic E-state index is 0.0944. The number of benzene rings is 1. The van der Waals surface area contributed by atoms with Crippen molar-refractivity contribution in [3.05, 3.63) is 29.3 Å². The zero-order chi connectivity index (χ0) is 15.5. The van der Waals surface area contributed by atoms with Crippen molar-refractivity contribution in [2.75, 3.05) is 37.6 Å². The Morgan fingerprint density at radius 1 is 1.23 bits per heavy atom. The maximum atomic E-state index is 12.2. The molecule has 22 heavy (non-hydrogen) atoms. The van der Waals surface area contributed by atoms with Crippen molar-refractivity contribution >= 4 is 29.2 Å². The van der Waals surface area contributed by atoms with Gasteiger partial charge in [0, 0.05) is 32.7 Å². The molecule has 0 radical (unpaired) electrons. The molecule has 2 fully saturated rings. The number of amides is 3. The molecule has 1 atom stereocenters. The fourth-order valence-electron chi connectivity index (χ4n) is 2.83. The molecule has 7 heteroatoms. The van der Waals surface area contributed by atoms with Crippen LogP contribution >= 0.6 is 11.6 Å². The van der Waals surface area contributed by atoms with Crippen molar-refractivity contribution in [2.24, 2.45) is 0 Å². The minimum atomic E-state index is -0.394. The number of nitrogens with zero attached hydrogens (tertiary/aromatic N) is 2. The third-order valence-corrected chi connectivity index (χ3v) is 4.43. The van der Waals surface area contributed by atoms with Crippen molar-refractivity contribution in [2.45, 2.75) is 12.5 Å². The second-order valence-electron chi connectivity index (χ2n) is 5.51. The van der Waals surface area contributed by atoms with Crippen LogP contribution in [0, 0.1) is 0 Å². The lowest BCUT2D eigenvalue weighted by Gasteiger charge is -2.36. The van der Waals surface area contributed by atoms with Gasteiger partial charge in [-0.05, 0) is 18.6 Å². The Labute approximate surface area is 134 Å². The Balaban J connectivity index is 1.54. The van der Waals surface area contributed by atoms with Crippen LogP contribution in [0.15, 0.2) is 24.3 Å². The van der Waals surface area contributed by atoms with Crippen molar-refractivity contribution in [3.8, 4) is 0 Å². The topological polar surface area (TPSA) is 64.7 Å². The van der Waals surface area contributed by atoms with E-state index in [2.05, 4.69) is 15.5 Å². The summed E-state index contributed by atoms with van der Waals surface area (Å²) in [5.74, 6) is -0.0944. The average molecular weight is 323 g/mol. The summed E-state index contributed by atoms with van der Waals surface area (Å²) in [6.07, 6.45) is 0.657. The van der Waals surface area contributed by atoms with E-state index in [9.17, 15) is 9.59 Å². The number of nitrogens with one attached hydrogen (secondary N) is 2. The number of carbonyl (C=O) groups is 2. The van der Waals surface area contributed by atoms with Gasteiger partial charge in [0.2, 0.25) is 5.91 Å². The molecule has 1 aromatic rings. The first-order valence-corrected chi connectivity index (χ1v) is 7.85. The molecule has 2 aliphatic heterocycles. The molecule has 0 aromatic heterocycles. The second kappa shape index (κ2) is 6.44. The van der Waals surface area contributed by atoms with Crippen molar-refractivity contribution in [1.82, 2.24) is 15.5 Å². The summed E-state index contributed by atoms with van der Waals surface area (Å²) < 4.78 is 0. The van der Waals surface area contributed by atoms with Crippen LogP contribution in [-0.4, -0.2) is 55.6 Å². The summed E-state index contributed by atoms with van der Waals surface area (Å²) in [4.78, 5) is 27.6. The zero-order valence-corrected chi connectivity index (χ0v) is 13.0. The molecule has 3 rings (SSSR count). The summed E-state index contributed by atoms with van der Waals surface area (Å²) in [5.41, 5.74) is 0.999. The summed E-state index contributed by atoms with van der Waals surface area (Å²) in [5, 5.41) is 6.24. The van der Waals surface area contributed by atoms with Crippen LogP contribution < -0.4 is 15.5 Å². The molecule has 3 amide bonds. The molecular weight excluding hydrogens is 304 g/mol. The Hall–Kier alpha value is -1.95. The number of hydrogen-bond donors (Lipinski definition) is 2. The monoisotopic (exact) mass is 322 g/mol. The van der Waals surface area contributed by atoms with E-state index in [-0.39, 0.29) is 11.9 Å². The van der Waals surface area contributed by atoms with Gasteiger partial charge >= 0.3 is 6.03 Å². The number of para-hydroxylation sites is 1. The van der Waals surface area contributed by atoms with E-state index in [1.807, 2.05) is 24.3 Å². The summed E-state index contributed by atoms with van der Waals surface area (Å²) in [7, 11) is 0. The van der Waals surface area contributed by atoms with Gasteiger partial charge in [-0.1, -0.05) is 23.7 Å². The lowest BCUT2D eigenvalue weighted by atomic mass is 10.2. The van der Waals surface area contributed by atoms with Crippen LogP contribution in [0.1, 0.15) is 6.42 Å². The van der Waals surface area contributed by atoms with E-state index in [4.69, 9.17) is 11.6 Å². The molecule has 0 saturated carbocycles. The van der Waals surface area contributed by atoms with E-state index in [0.29, 0.717) is 26.1 Å². The first-order valence-electron chi connectivity index (χ1n) is 7.48. The smallest absolute Gasteiger partial charge is 0.318 e. The van der Waals surface area contributed by atoms with Crippen LogP contribution in [0.4, 0.5) is 10.5 Å². The number of anilines is 1. The number of carbonyl (C=O) groups excluding carboxylic acids is 2. The maximum Gasteiger partial charge on any atom is 0.318 e. The normalized spacial score (nSPS) is 21.7. The molecule has 2 N–H and O–H groups in total. The Kier molecular flexibility index (Phi) is 4.38. The van der Waals surface area contributed by atoms with Gasteiger partial charge in [0.1, 0.15) is 6.04 Å². The predicted octanol–water partition coefficient (Wildman–Crippen LogP) is 1.06. The third kappa shape index (κ3) is 3.11. The highest BCUT2D eigenvalue weighted by molar-refractivity contribution is 6.33. The SMILES string of the molecule is O=C1NCC[C@@H]1NC(=O)N1CCN(c2ccccc2Cl)CC1. The molecule has 2 heterocycles. The Morgan fingerprint density at radius 3 is 2.59 bits per heavy atom. The molecule has 6 nitrogen and oxygen atoms in total. The second-order valence-corrected chi connectivity index (χ2v) is 5.91. The van der Waals surface area contributed by atoms with Gasteiger partial charge in [-0.3, -0.25) is 4.79 Å². The number of halogens is 1. The molecule has 0 bridgehead atoms. The van der Waals surface area contributed by atoms with Gasteiger partial charge in [-0.25, -0.2) is 4.79 Å². The highest BCUT2D eigenvalue weighted by atomic mass is 35.5. The fourth-order valence-corrected chi connectivity index (χ4v) is 3.09. The number of urea groups is 1. The predicted molar refractivity (Wildman–Crippen MR) is 85.2 cm³/mol. The largest absolute Gasteiger partial charge is 0.367 e. The minimum Gasteiger partial charge on any atom is -0.367 e. The van der Waals surface area contributed by atoms with E-state index >= 15 is 0 Å². The van der Waals surface area contributed by atoms with Gasteiger partial charge in [-0.15, -0.1) is 0 Å². The van der Waals surface area contributed by atoms with Gasteiger partial charge < -0.3 is 20.4 Å². The zero-order valence-electron chi connectivity index (χ0n) is 12.2. The molecule has 0 spiro atoms. The first kappa shape index (κ1) is 15.0. The summed E-state index contributed by atoms with van der Waals surface area (Å²) in [6.45, 7) is 3.32. The number of rotatable bonds is 2. The van der Waals surface area contributed by atoms with Gasteiger partial charge in [0.05, 0.1) is 10.7 Å². The van der Waals surface area contributed by atoms with Crippen molar-refractivity contribution < 1.29 is 9.59 Å². The van der Waals surface area contributed by atoms with Crippen LogP contribution in [0.2, 0.25) is 5.02 Å². The standard InChI is InChI=1S/C15H19ClN4O2/c16-11-3-1-2-4-13(11)19-7-9-20(10-8-19)15(22)18-12-5-6-17-14(12)21/h1-4,12H,5-10H2,(H,17,21)(H,18,22)/t12-/m0/s1. The van der Waals surface area contributed by atoms with Gasteiger partial charge in [0.25, 0.3) is 0 Å². The summed E-state index contributed by atoms with van der Waals surface area (Å²) in [6, 6.07) is 7.16. The van der Waals surface area contributed by atoms with E-state index in [1.54, 1.807) is 4.90 Å². The Morgan fingerprint density at radius 2 is 1.95 bits per heavy atom. The van der Waals surface area contributed by atoms with Crippen molar-refractivity contribution in [1.29, 1.82) is 0 Å². The molecular formula is C15H19ClN4O2. The molecule has 0 aliphatic carbocycles. The van der Waals surface area contributed by atoms with Crippen LogP contribution in [-0.2, 0) is 4.79 Å². The highest BCUT2D eigenvalue weighted by Gasteiger charge is 2.29. The Bertz CT molecular complexity index is 572. The van der Waals surface area contributed by atoms with E-state index < -0.39 is 6.04 Å². The molecule has 1 aromatic carbocycles. The van der Waals surface area contributed by atoms with Gasteiger partial charge in [0.15, 0.2) is 0 Å². The number of hydrogen-bond acceptors (Lipinski definition) is 3. The molecule has 2 saturated heterocycles. The van der Waals surface area contributed by atoms with E-state index in [0.717, 1.165) is 23.8 Å². The lowest BCUT2D eigenvalue weighted by Crippen LogP contribution is -2.54. The maximum absolute atomic E-state index is 12.2.